The molecule has 0 aromatic rings. The molecule has 1 aliphatic rings. The Morgan fingerprint density at radius 2 is 1.45 bits per heavy atom. The molecule has 1 heterocycles. The van der Waals surface area contributed by atoms with Crippen LogP contribution in [0.4, 0.5) is 0 Å². The second kappa shape index (κ2) is 11.8. The molecular formula is C16H23N3O10. The van der Waals surface area contributed by atoms with Gasteiger partial charge in [-0.05, 0) is 5.53 Å². The predicted molar refractivity (Wildman–Crippen MR) is 91.9 cm³/mol. The monoisotopic (exact) mass is 417 g/mol. The Balaban J connectivity index is 3.22. The number of rotatable bonds is 9. The van der Waals surface area contributed by atoms with E-state index in [2.05, 4.69) is 10.0 Å². The van der Waals surface area contributed by atoms with E-state index in [1.165, 1.54) is 6.92 Å². The van der Waals surface area contributed by atoms with Gasteiger partial charge in [-0.25, -0.2) is 0 Å². The zero-order chi connectivity index (χ0) is 22.0. The summed E-state index contributed by atoms with van der Waals surface area (Å²) in [5.74, 6) is -2.83. The minimum atomic E-state index is -1.31. The van der Waals surface area contributed by atoms with Gasteiger partial charge >= 0.3 is 23.9 Å². The molecule has 0 amide bonds. The Kier molecular flexibility index (Phi) is 9.86. The molecule has 0 N–H and O–H groups in total. The van der Waals surface area contributed by atoms with Crippen LogP contribution >= 0.6 is 0 Å². The van der Waals surface area contributed by atoms with Gasteiger partial charge in [0.2, 0.25) is 0 Å². The lowest BCUT2D eigenvalue weighted by molar-refractivity contribution is -0.307. The molecule has 0 aliphatic carbocycles. The summed E-state index contributed by atoms with van der Waals surface area (Å²) in [6.45, 7) is 4.01. The van der Waals surface area contributed by atoms with E-state index in [9.17, 15) is 19.2 Å². The van der Waals surface area contributed by atoms with Gasteiger partial charge in [0.15, 0.2) is 24.6 Å². The number of ether oxygens (including phenoxy) is 6. The van der Waals surface area contributed by atoms with Crippen LogP contribution in [0.1, 0.15) is 27.7 Å². The van der Waals surface area contributed by atoms with E-state index in [-0.39, 0.29) is 19.8 Å². The van der Waals surface area contributed by atoms with Crippen molar-refractivity contribution < 1.29 is 47.6 Å². The van der Waals surface area contributed by atoms with Gasteiger partial charge in [0.05, 0.1) is 6.61 Å². The van der Waals surface area contributed by atoms with Gasteiger partial charge in [0, 0.05) is 39.2 Å². The molecule has 29 heavy (non-hydrogen) atoms. The van der Waals surface area contributed by atoms with Crippen molar-refractivity contribution in [1.82, 2.24) is 0 Å². The van der Waals surface area contributed by atoms with Crippen LogP contribution in [0.3, 0.4) is 0 Å². The molecule has 0 aromatic carbocycles. The third-order valence-electron chi connectivity index (χ3n) is 3.48. The maximum Gasteiger partial charge on any atom is 0.303 e. The Morgan fingerprint density at radius 3 is 1.97 bits per heavy atom. The number of azide groups is 1. The summed E-state index contributed by atoms with van der Waals surface area (Å²) >= 11 is 0. The Hall–Kier alpha value is -2.89. The summed E-state index contributed by atoms with van der Waals surface area (Å²) in [7, 11) is 0. The smallest absolute Gasteiger partial charge is 0.303 e. The van der Waals surface area contributed by atoms with Crippen molar-refractivity contribution in [1.29, 1.82) is 0 Å². The van der Waals surface area contributed by atoms with E-state index in [1.807, 2.05) is 0 Å². The molecule has 1 aliphatic heterocycles. The Bertz CT molecular complexity index is 663. The molecule has 5 atom stereocenters. The van der Waals surface area contributed by atoms with E-state index < -0.39 is 54.6 Å². The highest BCUT2D eigenvalue weighted by Gasteiger charge is 2.52. The highest BCUT2D eigenvalue weighted by Crippen LogP contribution is 2.29. The molecule has 0 aromatic heterocycles. The summed E-state index contributed by atoms with van der Waals surface area (Å²) < 4.78 is 31.7. The SMILES string of the molecule is CC(=O)OC[C@H]1O[C@@H](OCCN=[N+]=[N-])[C@H](OC(C)=O)[C@@H](OC(C)=O)[C@@H]1OC(C)=O. The molecule has 0 radical (unpaired) electrons. The zero-order valence-corrected chi connectivity index (χ0v) is 16.4. The number of carbonyl (C=O) groups excluding carboxylic acids is 4. The highest BCUT2D eigenvalue weighted by atomic mass is 16.7. The summed E-state index contributed by atoms with van der Waals surface area (Å²) in [5, 5.41) is 3.31. The molecule has 13 heteroatoms. The molecule has 162 valence electrons. The number of hydrogen-bond donors (Lipinski definition) is 0. The predicted octanol–water partition coefficient (Wildman–Crippen LogP) is 0.396. The molecular weight excluding hydrogens is 394 g/mol. The topological polar surface area (TPSA) is 172 Å². The zero-order valence-electron chi connectivity index (χ0n) is 16.4. The molecule has 1 saturated heterocycles. The Labute approximate surface area is 166 Å². The van der Waals surface area contributed by atoms with Crippen molar-refractivity contribution in [2.24, 2.45) is 5.11 Å². The minimum absolute atomic E-state index is 0.0522. The van der Waals surface area contributed by atoms with Gasteiger partial charge in [-0.1, -0.05) is 5.11 Å². The molecule has 1 fully saturated rings. The molecule has 0 saturated carbocycles. The van der Waals surface area contributed by atoms with Crippen molar-refractivity contribution in [2.45, 2.75) is 58.4 Å². The van der Waals surface area contributed by atoms with E-state index in [1.54, 1.807) is 0 Å². The van der Waals surface area contributed by atoms with E-state index in [0.717, 1.165) is 20.8 Å². The quantitative estimate of drug-likeness (QED) is 0.128. The maximum absolute atomic E-state index is 11.6. The van der Waals surface area contributed by atoms with Gasteiger partial charge in [-0.2, -0.15) is 0 Å². The first-order valence-corrected chi connectivity index (χ1v) is 8.58. The lowest BCUT2D eigenvalue weighted by Crippen LogP contribution is -2.63. The third kappa shape index (κ3) is 8.34. The fraction of sp³-hybridized carbons (Fsp3) is 0.750. The van der Waals surface area contributed by atoms with Crippen LogP contribution in [0.15, 0.2) is 5.11 Å². The molecule has 13 nitrogen and oxygen atoms in total. The van der Waals surface area contributed by atoms with Crippen molar-refractivity contribution in [3.8, 4) is 0 Å². The molecule has 1 rings (SSSR count). The van der Waals surface area contributed by atoms with Gasteiger partial charge in [-0.15, -0.1) is 0 Å². The second-order valence-corrected chi connectivity index (χ2v) is 5.89. The molecule has 0 unspecified atom stereocenters. The van der Waals surface area contributed by atoms with Crippen molar-refractivity contribution >= 4 is 23.9 Å². The van der Waals surface area contributed by atoms with Crippen LogP contribution in [-0.2, 0) is 47.6 Å². The number of esters is 4. The lowest BCUT2D eigenvalue weighted by atomic mass is 9.98. The van der Waals surface area contributed by atoms with Crippen LogP contribution in [0.25, 0.3) is 10.4 Å². The fourth-order valence-corrected chi connectivity index (χ4v) is 2.58. The number of nitrogens with zero attached hydrogens (tertiary/aromatic N) is 3. The van der Waals surface area contributed by atoms with Crippen molar-refractivity contribution in [3.63, 3.8) is 0 Å². The van der Waals surface area contributed by atoms with Gasteiger partial charge in [0.1, 0.15) is 12.7 Å². The van der Waals surface area contributed by atoms with E-state index in [4.69, 9.17) is 34.0 Å². The average molecular weight is 417 g/mol. The van der Waals surface area contributed by atoms with Crippen LogP contribution in [-0.4, -0.2) is 74.3 Å². The maximum atomic E-state index is 11.6. The molecule has 0 bridgehead atoms. The fourth-order valence-electron chi connectivity index (χ4n) is 2.58. The van der Waals surface area contributed by atoms with Gasteiger partial charge in [-0.3, -0.25) is 19.2 Å². The van der Waals surface area contributed by atoms with E-state index >= 15 is 0 Å². The Morgan fingerprint density at radius 1 is 0.897 bits per heavy atom. The number of hydrogen-bond acceptors (Lipinski definition) is 11. The minimum Gasteiger partial charge on any atom is -0.463 e. The van der Waals surface area contributed by atoms with Gasteiger partial charge in [0.25, 0.3) is 0 Å². The lowest BCUT2D eigenvalue weighted by Gasteiger charge is -2.44. The summed E-state index contributed by atoms with van der Waals surface area (Å²) in [6, 6.07) is 0. The second-order valence-electron chi connectivity index (χ2n) is 5.89. The first-order chi connectivity index (χ1) is 13.6. The summed E-state index contributed by atoms with van der Waals surface area (Å²) in [6.07, 6.45) is -6.25. The van der Waals surface area contributed by atoms with Crippen LogP contribution < -0.4 is 0 Å². The van der Waals surface area contributed by atoms with Crippen LogP contribution in [0.5, 0.6) is 0 Å². The third-order valence-corrected chi connectivity index (χ3v) is 3.48. The van der Waals surface area contributed by atoms with Crippen LogP contribution in [0, 0.1) is 0 Å². The standard InChI is InChI=1S/C16H23N3O10/c1-8(20)25-7-12-13(26-9(2)21)14(27-10(3)22)15(28-11(4)23)16(29-12)24-6-5-18-19-17/h12-16H,5-7H2,1-4H3/t12-,13-,14+,15-,16-/m1/s1. The number of carbonyl (C=O) groups is 4. The van der Waals surface area contributed by atoms with Crippen LogP contribution in [0.2, 0.25) is 0 Å². The average Bonchev–Trinajstić information content (AvgIpc) is 2.60. The summed E-state index contributed by atoms with van der Waals surface area (Å²) in [5.41, 5.74) is 8.35. The van der Waals surface area contributed by atoms with E-state index in [0.29, 0.717) is 0 Å². The summed E-state index contributed by atoms with van der Waals surface area (Å²) in [4.78, 5) is 48.5. The first-order valence-electron chi connectivity index (χ1n) is 8.58. The van der Waals surface area contributed by atoms with Crippen molar-refractivity contribution in [2.75, 3.05) is 19.8 Å². The first kappa shape index (κ1) is 24.1. The van der Waals surface area contributed by atoms with Crippen molar-refractivity contribution in [3.05, 3.63) is 10.4 Å². The highest BCUT2D eigenvalue weighted by molar-refractivity contribution is 5.68. The normalized spacial score (nSPS) is 25.9. The largest absolute Gasteiger partial charge is 0.463 e. The van der Waals surface area contributed by atoms with Gasteiger partial charge < -0.3 is 28.4 Å². The molecule has 0 spiro atoms.